The van der Waals surface area contributed by atoms with E-state index in [4.69, 9.17) is 44.4 Å². The molecule has 0 saturated carbocycles. The standard InChI is InChI=1S/C23H22ClNO4/c1-4-14-28-20-11-6-17(16-21(20)27-3)12-13-23(22(25)26,29-15-5-2)18-7-9-19(24)10-8-18/h1-2,6-11,16H,12-15H2,3H3,(H2,25,26)/t23-/m0/s1. The Balaban J connectivity index is 2.32. The largest absolute Gasteiger partial charge is 0.493 e. The topological polar surface area (TPSA) is 70.8 Å². The molecular weight excluding hydrogens is 390 g/mol. The molecule has 150 valence electrons. The van der Waals surface area contributed by atoms with Crippen molar-refractivity contribution in [3.63, 3.8) is 0 Å². The Labute approximate surface area is 176 Å². The number of amides is 1. The van der Waals surface area contributed by atoms with Crippen molar-refractivity contribution in [2.75, 3.05) is 20.3 Å². The van der Waals surface area contributed by atoms with Crippen LogP contribution in [-0.2, 0) is 21.6 Å². The molecule has 0 radical (unpaired) electrons. The molecule has 0 aliphatic heterocycles. The van der Waals surface area contributed by atoms with Gasteiger partial charge in [0.2, 0.25) is 0 Å². The second kappa shape index (κ2) is 10.4. The van der Waals surface area contributed by atoms with Gasteiger partial charge in [-0.15, -0.1) is 12.8 Å². The average Bonchev–Trinajstić information content (AvgIpc) is 2.73. The fourth-order valence-corrected chi connectivity index (χ4v) is 3.07. The molecular formula is C23H22ClNO4. The number of benzene rings is 2. The molecule has 0 bridgehead atoms. The Kier molecular flexibility index (Phi) is 7.98. The van der Waals surface area contributed by atoms with Crippen LogP contribution in [0.4, 0.5) is 0 Å². The number of methoxy groups -OCH3 is 1. The van der Waals surface area contributed by atoms with Crippen molar-refractivity contribution in [1.29, 1.82) is 0 Å². The first-order chi connectivity index (χ1) is 14.0. The molecule has 1 amide bonds. The molecule has 2 N–H and O–H groups in total. The van der Waals surface area contributed by atoms with Crippen LogP contribution in [0.5, 0.6) is 11.5 Å². The van der Waals surface area contributed by atoms with Crippen molar-refractivity contribution >= 4 is 17.5 Å². The maximum atomic E-state index is 12.5. The van der Waals surface area contributed by atoms with Crippen molar-refractivity contribution in [1.82, 2.24) is 0 Å². The molecule has 0 aliphatic carbocycles. The SMILES string of the molecule is C#CCOc1ccc(CC[C@@](OCC#C)(C(N)=O)c2ccc(Cl)cc2)cc1OC. The number of nitrogens with two attached hydrogens (primary N) is 1. The Hall–Kier alpha value is -3.12. The third-order valence-electron chi connectivity index (χ3n) is 4.42. The predicted molar refractivity (Wildman–Crippen MR) is 113 cm³/mol. The number of primary amides is 1. The number of halogens is 1. The van der Waals surface area contributed by atoms with Crippen LogP contribution in [0.2, 0.25) is 5.02 Å². The van der Waals surface area contributed by atoms with Gasteiger partial charge in [-0.1, -0.05) is 41.6 Å². The van der Waals surface area contributed by atoms with E-state index in [2.05, 4.69) is 11.8 Å². The molecule has 6 heteroatoms. The van der Waals surface area contributed by atoms with E-state index in [9.17, 15) is 4.79 Å². The lowest BCUT2D eigenvalue weighted by Crippen LogP contribution is -2.44. The summed E-state index contributed by atoms with van der Waals surface area (Å²) in [6.45, 7) is 0.0741. The minimum absolute atomic E-state index is 0.0618. The lowest BCUT2D eigenvalue weighted by atomic mass is 9.86. The monoisotopic (exact) mass is 411 g/mol. The van der Waals surface area contributed by atoms with E-state index in [0.717, 1.165) is 5.56 Å². The van der Waals surface area contributed by atoms with Gasteiger partial charge >= 0.3 is 0 Å². The smallest absolute Gasteiger partial charge is 0.254 e. The molecule has 0 heterocycles. The van der Waals surface area contributed by atoms with Gasteiger partial charge in [-0.3, -0.25) is 4.79 Å². The molecule has 0 saturated heterocycles. The Morgan fingerprint density at radius 3 is 2.38 bits per heavy atom. The van der Waals surface area contributed by atoms with Crippen molar-refractivity contribution in [3.05, 3.63) is 58.6 Å². The zero-order chi connectivity index (χ0) is 21.3. The third kappa shape index (κ3) is 5.45. The highest BCUT2D eigenvalue weighted by molar-refractivity contribution is 6.30. The van der Waals surface area contributed by atoms with Crippen LogP contribution in [0.15, 0.2) is 42.5 Å². The van der Waals surface area contributed by atoms with Gasteiger partial charge in [0.25, 0.3) is 5.91 Å². The van der Waals surface area contributed by atoms with Crippen molar-refractivity contribution < 1.29 is 19.0 Å². The van der Waals surface area contributed by atoms with Crippen LogP contribution in [0, 0.1) is 24.7 Å². The van der Waals surface area contributed by atoms with Gasteiger partial charge in [-0.2, -0.15) is 0 Å². The molecule has 5 nitrogen and oxygen atoms in total. The number of hydrogen-bond acceptors (Lipinski definition) is 4. The fraction of sp³-hybridized carbons (Fsp3) is 0.261. The number of rotatable bonds is 10. The third-order valence-corrected chi connectivity index (χ3v) is 4.67. The van der Waals surface area contributed by atoms with Crippen molar-refractivity contribution in [2.45, 2.75) is 18.4 Å². The second-order valence-electron chi connectivity index (χ2n) is 6.17. The van der Waals surface area contributed by atoms with E-state index >= 15 is 0 Å². The predicted octanol–water partition coefficient (Wildman–Crippen LogP) is 3.32. The number of carbonyl (C=O) groups is 1. The van der Waals surface area contributed by atoms with Crippen LogP contribution in [0.1, 0.15) is 17.5 Å². The average molecular weight is 412 g/mol. The summed E-state index contributed by atoms with van der Waals surface area (Å²) in [5.41, 5.74) is 5.86. The zero-order valence-electron chi connectivity index (χ0n) is 16.1. The van der Waals surface area contributed by atoms with E-state index in [-0.39, 0.29) is 19.6 Å². The Morgan fingerprint density at radius 2 is 1.79 bits per heavy atom. The number of hydrogen-bond donors (Lipinski definition) is 1. The van der Waals surface area contributed by atoms with Crippen LogP contribution < -0.4 is 15.2 Å². The van der Waals surface area contributed by atoms with Gasteiger partial charge in [0.1, 0.15) is 13.2 Å². The van der Waals surface area contributed by atoms with Crippen molar-refractivity contribution in [2.24, 2.45) is 5.73 Å². The minimum Gasteiger partial charge on any atom is -0.493 e. The highest BCUT2D eigenvalue weighted by Crippen LogP contribution is 2.34. The number of terminal acetylenes is 2. The fourth-order valence-electron chi connectivity index (χ4n) is 2.95. The van der Waals surface area contributed by atoms with Gasteiger partial charge in [0.15, 0.2) is 17.1 Å². The first-order valence-electron chi connectivity index (χ1n) is 8.83. The summed E-state index contributed by atoms with van der Waals surface area (Å²) >= 11 is 5.98. The summed E-state index contributed by atoms with van der Waals surface area (Å²) in [6, 6.07) is 12.2. The highest BCUT2D eigenvalue weighted by Gasteiger charge is 2.39. The molecule has 0 spiro atoms. The zero-order valence-corrected chi connectivity index (χ0v) is 16.9. The summed E-state index contributed by atoms with van der Waals surface area (Å²) in [5, 5.41) is 0.538. The molecule has 2 aromatic carbocycles. The summed E-state index contributed by atoms with van der Waals surface area (Å²) in [7, 11) is 1.54. The van der Waals surface area contributed by atoms with Gasteiger partial charge in [-0.05, 0) is 48.2 Å². The van der Waals surface area contributed by atoms with Gasteiger partial charge in [-0.25, -0.2) is 0 Å². The first-order valence-corrected chi connectivity index (χ1v) is 9.21. The maximum absolute atomic E-state index is 12.5. The summed E-state index contributed by atoms with van der Waals surface area (Å²) in [5.74, 6) is 5.25. The molecule has 2 rings (SSSR count). The Morgan fingerprint density at radius 1 is 1.10 bits per heavy atom. The molecule has 2 aromatic rings. The lowest BCUT2D eigenvalue weighted by molar-refractivity contribution is -0.144. The normalized spacial score (nSPS) is 12.3. The summed E-state index contributed by atoms with van der Waals surface area (Å²) in [4.78, 5) is 12.5. The van der Waals surface area contributed by atoms with Crippen LogP contribution >= 0.6 is 11.6 Å². The number of aryl methyl sites for hydroxylation is 1. The van der Waals surface area contributed by atoms with E-state index in [1.54, 1.807) is 37.4 Å². The maximum Gasteiger partial charge on any atom is 0.254 e. The van der Waals surface area contributed by atoms with Gasteiger partial charge in [0.05, 0.1) is 7.11 Å². The molecule has 1 atom stereocenters. The van der Waals surface area contributed by atoms with E-state index in [0.29, 0.717) is 28.5 Å². The lowest BCUT2D eigenvalue weighted by Gasteiger charge is -2.31. The van der Waals surface area contributed by atoms with Crippen LogP contribution in [-0.4, -0.2) is 26.2 Å². The minimum atomic E-state index is -1.39. The number of ether oxygens (including phenoxy) is 3. The summed E-state index contributed by atoms with van der Waals surface area (Å²) in [6.07, 6.45) is 11.3. The van der Waals surface area contributed by atoms with Gasteiger partial charge < -0.3 is 19.9 Å². The molecule has 0 aliphatic rings. The van der Waals surface area contributed by atoms with E-state index in [1.807, 2.05) is 12.1 Å². The van der Waals surface area contributed by atoms with Crippen molar-refractivity contribution in [3.8, 4) is 36.2 Å². The second-order valence-corrected chi connectivity index (χ2v) is 6.61. The highest BCUT2D eigenvalue weighted by atomic mass is 35.5. The van der Waals surface area contributed by atoms with Crippen LogP contribution in [0.25, 0.3) is 0 Å². The summed E-state index contributed by atoms with van der Waals surface area (Å²) < 4.78 is 16.6. The molecule has 0 fully saturated rings. The number of carbonyl (C=O) groups excluding carboxylic acids is 1. The Bertz CT molecular complexity index is 927. The van der Waals surface area contributed by atoms with E-state index < -0.39 is 11.5 Å². The molecule has 0 aromatic heterocycles. The van der Waals surface area contributed by atoms with Gasteiger partial charge in [0, 0.05) is 5.02 Å². The van der Waals surface area contributed by atoms with E-state index in [1.165, 1.54) is 0 Å². The molecule has 0 unspecified atom stereocenters. The first kappa shape index (κ1) is 22.2. The quantitative estimate of drug-likeness (QED) is 0.609. The van der Waals surface area contributed by atoms with Crippen LogP contribution in [0.3, 0.4) is 0 Å². The molecule has 29 heavy (non-hydrogen) atoms.